The van der Waals surface area contributed by atoms with E-state index in [0.29, 0.717) is 0 Å². The smallest absolute Gasteiger partial charge is 0.0406 e. The van der Waals surface area contributed by atoms with E-state index in [0.717, 1.165) is 31.1 Å². The van der Waals surface area contributed by atoms with Crippen molar-refractivity contribution in [2.75, 3.05) is 13.1 Å². The van der Waals surface area contributed by atoms with Crippen molar-refractivity contribution in [3.8, 4) is 0 Å². The summed E-state index contributed by atoms with van der Waals surface area (Å²) in [5.74, 6) is 0. The molecule has 0 fully saturated rings. The molecule has 0 aliphatic carbocycles. The lowest BCUT2D eigenvalue weighted by Gasteiger charge is -2.27. The Kier molecular flexibility index (Phi) is 5.12. The van der Waals surface area contributed by atoms with Crippen LogP contribution in [0.25, 0.3) is 5.57 Å². The molecule has 0 spiro atoms. The first kappa shape index (κ1) is 17.3. The zero-order valence-corrected chi connectivity index (χ0v) is 15.6. The van der Waals surface area contributed by atoms with Gasteiger partial charge in [-0.15, -0.1) is 0 Å². The van der Waals surface area contributed by atoms with Gasteiger partial charge in [0.25, 0.3) is 0 Å². The first-order chi connectivity index (χ1) is 11.4. The zero-order valence-electron chi connectivity index (χ0n) is 14.8. The monoisotopic (exact) mass is 339 g/mol. The van der Waals surface area contributed by atoms with Crippen LogP contribution in [0, 0.1) is 0 Å². The molecule has 0 radical (unpaired) electrons. The first-order valence-corrected chi connectivity index (χ1v) is 9.06. The van der Waals surface area contributed by atoms with Crippen LogP contribution in [-0.4, -0.2) is 18.0 Å². The summed E-state index contributed by atoms with van der Waals surface area (Å²) in [6.07, 6.45) is 3.46. The van der Waals surface area contributed by atoms with Gasteiger partial charge < -0.3 is 0 Å². The second kappa shape index (κ2) is 7.13. The van der Waals surface area contributed by atoms with Crippen molar-refractivity contribution in [2.45, 2.75) is 39.2 Å². The molecule has 0 atom stereocenters. The number of halogens is 1. The molecule has 0 saturated heterocycles. The van der Waals surface area contributed by atoms with Gasteiger partial charge in [0.15, 0.2) is 0 Å². The van der Waals surface area contributed by atoms with Crippen LogP contribution in [0.1, 0.15) is 43.9 Å². The van der Waals surface area contributed by atoms with E-state index in [1.807, 2.05) is 12.1 Å². The molecule has 0 aromatic heterocycles. The van der Waals surface area contributed by atoms with Crippen molar-refractivity contribution in [2.24, 2.45) is 0 Å². The molecule has 2 heteroatoms. The zero-order chi connectivity index (χ0) is 17.2. The second-order valence-electron chi connectivity index (χ2n) is 7.67. The molecule has 1 nitrogen and oxygen atoms in total. The Morgan fingerprint density at radius 1 is 0.958 bits per heavy atom. The molecule has 3 rings (SSSR count). The second-order valence-corrected chi connectivity index (χ2v) is 8.10. The summed E-state index contributed by atoms with van der Waals surface area (Å²) in [4.78, 5) is 2.51. The molecule has 126 valence electrons. The van der Waals surface area contributed by atoms with E-state index >= 15 is 0 Å². The Hall–Kier alpha value is -1.57. The lowest BCUT2D eigenvalue weighted by molar-refractivity contribution is 0.294. The Morgan fingerprint density at radius 2 is 1.62 bits per heavy atom. The molecule has 0 unspecified atom stereocenters. The third-order valence-electron chi connectivity index (χ3n) is 4.73. The quantitative estimate of drug-likeness (QED) is 0.670. The Morgan fingerprint density at radius 3 is 2.17 bits per heavy atom. The predicted octanol–water partition coefficient (Wildman–Crippen LogP) is 5.93. The average Bonchev–Trinajstić information content (AvgIpc) is 2.56. The highest BCUT2D eigenvalue weighted by Gasteiger charge is 2.15. The lowest BCUT2D eigenvalue weighted by atomic mass is 9.86. The SMILES string of the molecule is CC(C)(C)c1ccc(CN2CC=C(c3ccc(Cl)cc3)CC2)cc1. The van der Waals surface area contributed by atoms with E-state index in [-0.39, 0.29) is 5.41 Å². The van der Waals surface area contributed by atoms with Crippen LogP contribution in [0.3, 0.4) is 0 Å². The van der Waals surface area contributed by atoms with Gasteiger partial charge in [0.2, 0.25) is 0 Å². The molecule has 1 heterocycles. The van der Waals surface area contributed by atoms with Crippen molar-refractivity contribution in [1.82, 2.24) is 4.90 Å². The van der Waals surface area contributed by atoms with Gasteiger partial charge in [0.05, 0.1) is 0 Å². The van der Waals surface area contributed by atoms with E-state index in [1.165, 1.54) is 22.3 Å². The molecule has 0 amide bonds. The van der Waals surface area contributed by atoms with Gasteiger partial charge in [0.1, 0.15) is 0 Å². The molecule has 0 bridgehead atoms. The van der Waals surface area contributed by atoms with Gasteiger partial charge in [-0.1, -0.05) is 74.8 Å². The highest BCUT2D eigenvalue weighted by molar-refractivity contribution is 6.30. The van der Waals surface area contributed by atoms with Gasteiger partial charge in [-0.3, -0.25) is 4.90 Å². The van der Waals surface area contributed by atoms with E-state index in [2.05, 4.69) is 68.1 Å². The van der Waals surface area contributed by atoms with Crippen molar-refractivity contribution in [1.29, 1.82) is 0 Å². The first-order valence-electron chi connectivity index (χ1n) is 8.68. The summed E-state index contributed by atoms with van der Waals surface area (Å²) >= 11 is 5.98. The van der Waals surface area contributed by atoms with Gasteiger partial charge in [0, 0.05) is 24.7 Å². The molecular weight excluding hydrogens is 314 g/mol. The molecule has 0 N–H and O–H groups in total. The van der Waals surface area contributed by atoms with E-state index in [9.17, 15) is 0 Å². The van der Waals surface area contributed by atoms with Crippen LogP contribution in [0.2, 0.25) is 5.02 Å². The molecule has 1 aliphatic rings. The van der Waals surface area contributed by atoms with Crippen LogP contribution >= 0.6 is 11.6 Å². The van der Waals surface area contributed by atoms with E-state index in [4.69, 9.17) is 11.6 Å². The minimum absolute atomic E-state index is 0.222. The Labute approximate surface area is 151 Å². The van der Waals surface area contributed by atoms with Crippen LogP contribution < -0.4 is 0 Å². The number of nitrogens with zero attached hydrogens (tertiary/aromatic N) is 1. The molecule has 1 aliphatic heterocycles. The molecular formula is C22H26ClN. The molecule has 24 heavy (non-hydrogen) atoms. The summed E-state index contributed by atoms with van der Waals surface area (Å²) in [7, 11) is 0. The molecule has 2 aromatic rings. The van der Waals surface area contributed by atoms with Gasteiger partial charge in [-0.2, -0.15) is 0 Å². The lowest BCUT2D eigenvalue weighted by Crippen LogP contribution is -2.28. The van der Waals surface area contributed by atoms with Crippen LogP contribution in [0.15, 0.2) is 54.6 Å². The van der Waals surface area contributed by atoms with Gasteiger partial charge in [-0.05, 0) is 46.2 Å². The average molecular weight is 340 g/mol. The maximum Gasteiger partial charge on any atom is 0.0406 e. The highest BCUT2D eigenvalue weighted by atomic mass is 35.5. The van der Waals surface area contributed by atoms with Crippen LogP contribution in [-0.2, 0) is 12.0 Å². The summed E-state index contributed by atoms with van der Waals surface area (Å²) in [6, 6.07) is 17.3. The number of hydrogen-bond acceptors (Lipinski definition) is 1. The van der Waals surface area contributed by atoms with Crippen molar-refractivity contribution < 1.29 is 0 Å². The van der Waals surface area contributed by atoms with Crippen LogP contribution in [0.4, 0.5) is 0 Å². The minimum atomic E-state index is 0.222. The minimum Gasteiger partial charge on any atom is -0.295 e. The summed E-state index contributed by atoms with van der Waals surface area (Å²) in [5, 5.41) is 0.801. The van der Waals surface area contributed by atoms with Crippen LogP contribution in [0.5, 0.6) is 0 Å². The van der Waals surface area contributed by atoms with Crippen molar-refractivity contribution in [3.05, 3.63) is 76.3 Å². The summed E-state index contributed by atoms with van der Waals surface area (Å²) < 4.78 is 0. The fraction of sp³-hybridized carbons (Fsp3) is 0.364. The molecule has 0 saturated carbocycles. The third kappa shape index (κ3) is 4.28. The standard InChI is InChI=1S/C22H26ClN/c1-22(2,3)20-8-4-17(5-9-20)16-24-14-12-19(13-15-24)18-6-10-21(23)11-7-18/h4-12H,13-16H2,1-3H3. The number of benzene rings is 2. The molecule has 2 aromatic carbocycles. The maximum atomic E-state index is 5.98. The van der Waals surface area contributed by atoms with E-state index < -0.39 is 0 Å². The number of rotatable bonds is 3. The van der Waals surface area contributed by atoms with Crippen molar-refractivity contribution in [3.63, 3.8) is 0 Å². The summed E-state index contributed by atoms with van der Waals surface area (Å²) in [5.41, 5.74) is 5.75. The van der Waals surface area contributed by atoms with Gasteiger partial charge >= 0.3 is 0 Å². The largest absolute Gasteiger partial charge is 0.295 e. The van der Waals surface area contributed by atoms with Gasteiger partial charge in [-0.25, -0.2) is 0 Å². The predicted molar refractivity (Wildman–Crippen MR) is 104 cm³/mol. The normalized spacial score (nSPS) is 16.1. The summed E-state index contributed by atoms with van der Waals surface area (Å²) in [6.45, 7) is 9.92. The third-order valence-corrected chi connectivity index (χ3v) is 4.99. The topological polar surface area (TPSA) is 3.24 Å². The fourth-order valence-electron chi connectivity index (χ4n) is 3.15. The number of hydrogen-bond donors (Lipinski definition) is 0. The van der Waals surface area contributed by atoms with Crippen molar-refractivity contribution >= 4 is 17.2 Å². The maximum absolute atomic E-state index is 5.98. The highest BCUT2D eigenvalue weighted by Crippen LogP contribution is 2.25. The Bertz CT molecular complexity index is 705. The fourth-order valence-corrected chi connectivity index (χ4v) is 3.28. The Balaban J connectivity index is 1.61. The van der Waals surface area contributed by atoms with E-state index in [1.54, 1.807) is 0 Å².